The van der Waals surface area contributed by atoms with Gasteiger partial charge in [0.25, 0.3) is 0 Å². The topological polar surface area (TPSA) is 121 Å². The number of carbonyl (C=O) groups is 3. The highest BCUT2D eigenvalue weighted by molar-refractivity contribution is 6.30. The van der Waals surface area contributed by atoms with E-state index in [9.17, 15) is 24.6 Å². The second kappa shape index (κ2) is 6.51. The van der Waals surface area contributed by atoms with Crippen molar-refractivity contribution in [3.8, 4) is 17.2 Å². The zero-order valence-corrected chi connectivity index (χ0v) is 13.9. The van der Waals surface area contributed by atoms with Crippen molar-refractivity contribution in [2.75, 3.05) is 6.61 Å². The van der Waals surface area contributed by atoms with Crippen LogP contribution in [0, 0.1) is 0 Å². The van der Waals surface area contributed by atoms with Crippen LogP contribution in [0.15, 0.2) is 24.3 Å². The minimum absolute atomic E-state index is 0.0871. The van der Waals surface area contributed by atoms with E-state index in [2.05, 4.69) is 0 Å². The molecule has 2 aromatic carbocycles. The number of unbranched alkanes of at least 4 members (excludes halogenated alkanes) is 1. The lowest BCUT2D eigenvalue weighted by molar-refractivity contribution is 0.0695. The number of hydrogen-bond donors (Lipinski definition) is 3. The molecular weight excluding hydrogens is 340 g/mol. The Hall–Kier alpha value is -3.35. The van der Waals surface area contributed by atoms with Crippen molar-refractivity contribution in [1.29, 1.82) is 0 Å². The molecule has 3 N–H and O–H groups in total. The fourth-order valence-electron chi connectivity index (χ4n) is 2.87. The van der Waals surface area contributed by atoms with E-state index in [4.69, 9.17) is 9.84 Å². The first-order valence-electron chi connectivity index (χ1n) is 8.04. The monoisotopic (exact) mass is 356 g/mol. The van der Waals surface area contributed by atoms with Crippen LogP contribution in [-0.4, -0.2) is 39.5 Å². The molecule has 134 valence electrons. The summed E-state index contributed by atoms with van der Waals surface area (Å²) in [5.74, 6) is -3.57. The van der Waals surface area contributed by atoms with Gasteiger partial charge in [0.2, 0.25) is 5.78 Å². The Morgan fingerprint density at radius 3 is 2.19 bits per heavy atom. The molecule has 3 rings (SSSR count). The van der Waals surface area contributed by atoms with Crippen molar-refractivity contribution < 1.29 is 34.4 Å². The predicted molar refractivity (Wildman–Crippen MR) is 90.4 cm³/mol. The molecule has 0 unspecified atom stereocenters. The first-order chi connectivity index (χ1) is 12.3. The summed E-state index contributed by atoms with van der Waals surface area (Å²) in [6, 6.07) is 4.53. The van der Waals surface area contributed by atoms with Gasteiger partial charge in [0.1, 0.15) is 17.2 Å². The van der Waals surface area contributed by atoms with Gasteiger partial charge in [0, 0.05) is 17.2 Å². The number of phenols is 2. The Bertz CT molecular complexity index is 943. The molecule has 7 heteroatoms. The van der Waals surface area contributed by atoms with E-state index in [0.29, 0.717) is 6.61 Å². The summed E-state index contributed by atoms with van der Waals surface area (Å²) >= 11 is 0. The van der Waals surface area contributed by atoms with Crippen molar-refractivity contribution in [1.82, 2.24) is 0 Å². The van der Waals surface area contributed by atoms with Gasteiger partial charge < -0.3 is 20.1 Å². The summed E-state index contributed by atoms with van der Waals surface area (Å²) in [5, 5.41) is 29.4. The molecule has 7 nitrogen and oxygen atoms in total. The summed E-state index contributed by atoms with van der Waals surface area (Å²) in [4.78, 5) is 36.6. The lowest BCUT2D eigenvalue weighted by Crippen LogP contribution is -2.22. The molecule has 0 fully saturated rings. The van der Waals surface area contributed by atoms with Crippen LogP contribution in [0.3, 0.4) is 0 Å². The highest BCUT2D eigenvalue weighted by Crippen LogP contribution is 2.39. The number of ketones is 2. The van der Waals surface area contributed by atoms with Crippen molar-refractivity contribution in [2.45, 2.75) is 19.8 Å². The average molecular weight is 356 g/mol. The van der Waals surface area contributed by atoms with E-state index >= 15 is 0 Å². The molecule has 0 amide bonds. The van der Waals surface area contributed by atoms with Gasteiger partial charge in [-0.05, 0) is 24.6 Å². The molecule has 1 aliphatic rings. The number of phenolic OH excluding ortho intramolecular Hbond substituents is 2. The van der Waals surface area contributed by atoms with E-state index < -0.39 is 29.0 Å². The zero-order chi connectivity index (χ0) is 19.0. The quantitative estimate of drug-likeness (QED) is 0.601. The van der Waals surface area contributed by atoms with E-state index in [-0.39, 0.29) is 33.6 Å². The number of aromatic carboxylic acids is 1. The van der Waals surface area contributed by atoms with E-state index in [1.165, 1.54) is 12.1 Å². The number of carboxylic acids is 1. The molecule has 0 aliphatic heterocycles. The molecule has 0 saturated heterocycles. The maximum Gasteiger partial charge on any atom is 0.335 e. The number of rotatable bonds is 5. The van der Waals surface area contributed by atoms with Gasteiger partial charge in [-0.15, -0.1) is 0 Å². The van der Waals surface area contributed by atoms with E-state index in [1.807, 2.05) is 6.92 Å². The normalized spacial score (nSPS) is 12.5. The number of ether oxygens (including phenoxy) is 1. The second-order valence-corrected chi connectivity index (χ2v) is 5.95. The zero-order valence-electron chi connectivity index (χ0n) is 13.9. The maximum atomic E-state index is 12.8. The Balaban J connectivity index is 2.14. The number of benzene rings is 2. The van der Waals surface area contributed by atoms with Crippen LogP contribution in [0.4, 0.5) is 0 Å². The smallest absolute Gasteiger partial charge is 0.335 e. The van der Waals surface area contributed by atoms with Crippen LogP contribution in [0.25, 0.3) is 0 Å². The molecule has 1 aliphatic carbocycles. The average Bonchev–Trinajstić information content (AvgIpc) is 2.58. The number of aromatic hydroxyl groups is 2. The summed E-state index contributed by atoms with van der Waals surface area (Å²) in [6.45, 7) is 2.37. The van der Waals surface area contributed by atoms with Crippen LogP contribution in [0.5, 0.6) is 17.2 Å². The Kier molecular flexibility index (Phi) is 4.38. The van der Waals surface area contributed by atoms with Gasteiger partial charge >= 0.3 is 5.97 Å². The molecule has 0 radical (unpaired) electrons. The molecule has 0 heterocycles. The van der Waals surface area contributed by atoms with Crippen LogP contribution in [-0.2, 0) is 0 Å². The third kappa shape index (κ3) is 2.77. The minimum Gasteiger partial charge on any atom is -0.507 e. The van der Waals surface area contributed by atoms with E-state index in [1.54, 1.807) is 0 Å². The number of carboxylic acid groups (broad SMARTS) is 1. The van der Waals surface area contributed by atoms with Crippen molar-refractivity contribution in [3.05, 3.63) is 52.1 Å². The standard InChI is InChI=1S/C19H16O7/c1-2-3-4-26-10-7-12-16(14(21)8-10)18(23)15-11(17(12)22)5-9(19(24)25)6-13(15)20/h5-8,20-21H,2-4H2,1H3,(H,24,25). The molecule has 2 aromatic rings. The fraction of sp³-hybridized carbons (Fsp3) is 0.211. The number of fused-ring (bicyclic) bond motifs is 2. The molecule has 0 spiro atoms. The lowest BCUT2D eigenvalue weighted by atomic mass is 9.82. The summed E-state index contributed by atoms with van der Waals surface area (Å²) in [5.41, 5.74) is -1.17. The van der Waals surface area contributed by atoms with Gasteiger partial charge in [-0.3, -0.25) is 9.59 Å². The first-order valence-corrected chi connectivity index (χ1v) is 8.04. The molecule has 26 heavy (non-hydrogen) atoms. The van der Waals surface area contributed by atoms with Crippen LogP contribution >= 0.6 is 0 Å². The molecule has 0 bridgehead atoms. The molecular formula is C19H16O7. The number of carbonyl (C=O) groups excluding carboxylic acids is 2. The van der Waals surface area contributed by atoms with Gasteiger partial charge in [0.05, 0.1) is 23.3 Å². The van der Waals surface area contributed by atoms with Gasteiger partial charge in [0.15, 0.2) is 5.78 Å². The first kappa shape index (κ1) is 17.5. The van der Waals surface area contributed by atoms with E-state index in [0.717, 1.165) is 25.0 Å². The summed E-state index contributed by atoms with van der Waals surface area (Å²) in [6.07, 6.45) is 1.68. The Morgan fingerprint density at radius 2 is 1.58 bits per heavy atom. The largest absolute Gasteiger partial charge is 0.507 e. The predicted octanol–water partition coefficient (Wildman–Crippen LogP) is 2.75. The summed E-state index contributed by atoms with van der Waals surface area (Å²) < 4.78 is 5.48. The van der Waals surface area contributed by atoms with Crippen molar-refractivity contribution in [3.63, 3.8) is 0 Å². The third-order valence-corrected chi connectivity index (χ3v) is 4.17. The van der Waals surface area contributed by atoms with Crippen LogP contribution in [0.1, 0.15) is 62.0 Å². The Morgan fingerprint density at radius 1 is 0.962 bits per heavy atom. The third-order valence-electron chi connectivity index (χ3n) is 4.17. The lowest BCUT2D eigenvalue weighted by Gasteiger charge is -2.20. The van der Waals surface area contributed by atoms with Crippen molar-refractivity contribution in [2.24, 2.45) is 0 Å². The second-order valence-electron chi connectivity index (χ2n) is 5.95. The minimum atomic E-state index is -1.34. The molecule has 0 atom stereocenters. The van der Waals surface area contributed by atoms with Gasteiger partial charge in [-0.2, -0.15) is 0 Å². The highest BCUT2D eigenvalue weighted by atomic mass is 16.5. The summed E-state index contributed by atoms with van der Waals surface area (Å²) in [7, 11) is 0. The molecule has 0 saturated carbocycles. The maximum absolute atomic E-state index is 12.8. The fourth-order valence-corrected chi connectivity index (χ4v) is 2.87. The highest BCUT2D eigenvalue weighted by Gasteiger charge is 2.35. The van der Waals surface area contributed by atoms with Gasteiger partial charge in [-0.25, -0.2) is 4.79 Å². The van der Waals surface area contributed by atoms with Crippen LogP contribution < -0.4 is 4.74 Å². The molecule has 0 aromatic heterocycles. The Labute approximate surface area is 148 Å². The van der Waals surface area contributed by atoms with Crippen LogP contribution in [0.2, 0.25) is 0 Å². The van der Waals surface area contributed by atoms with Crippen molar-refractivity contribution >= 4 is 17.5 Å². The SMILES string of the molecule is CCCCOc1cc(O)c2c(c1)C(=O)c1cc(C(=O)O)cc(O)c1C2=O. The van der Waals surface area contributed by atoms with Gasteiger partial charge in [-0.1, -0.05) is 13.3 Å². The number of hydrogen-bond acceptors (Lipinski definition) is 6.